The van der Waals surface area contributed by atoms with Gasteiger partial charge < -0.3 is 10.6 Å². The monoisotopic (exact) mass is 303 g/mol. The molecule has 4 heteroatoms. The Morgan fingerprint density at radius 2 is 1.35 bits per heavy atom. The molecule has 2 amide bonds. The summed E-state index contributed by atoms with van der Waals surface area (Å²) in [5, 5.41) is 5.87. The lowest BCUT2D eigenvalue weighted by molar-refractivity contribution is 0.250. The summed E-state index contributed by atoms with van der Waals surface area (Å²) in [7, 11) is 0. The molecular weight excluding hydrogens is 286 g/mol. The van der Waals surface area contributed by atoms with E-state index in [0.717, 1.165) is 16.8 Å². The first-order valence-electron chi connectivity index (χ1n) is 7.40. The molecule has 2 N–H and O–H groups in total. The summed E-state index contributed by atoms with van der Waals surface area (Å²) in [5.41, 5.74) is 2.75. The summed E-state index contributed by atoms with van der Waals surface area (Å²) in [4.78, 5) is 16.4. The lowest BCUT2D eigenvalue weighted by Gasteiger charge is -2.20. The van der Waals surface area contributed by atoms with E-state index in [9.17, 15) is 4.79 Å². The molecule has 3 rings (SSSR count). The number of anilines is 1. The van der Waals surface area contributed by atoms with Crippen molar-refractivity contribution in [2.45, 2.75) is 6.04 Å². The first-order valence-corrected chi connectivity index (χ1v) is 7.40. The molecule has 1 unspecified atom stereocenters. The van der Waals surface area contributed by atoms with Crippen LogP contribution >= 0.6 is 0 Å². The number of urea groups is 1. The summed E-state index contributed by atoms with van der Waals surface area (Å²) >= 11 is 0. The van der Waals surface area contributed by atoms with Crippen LogP contribution in [0.5, 0.6) is 0 Å². The first kappa shape index (κ1) is 14.8. The minimum Gasteiger partial charge on any atom is -0.327 e. The van der Waals surface area contributed by atoms with Crippen LogP contribution in [0.3, 0.4) is 0 Å². The van der Waals surface area contributed by atoms with Gasteiger partial charge in [0.1, 0.15) is 0 Å². The fraction of sp³-hybridized carbons (Fsp3) is 0.0526. The Balaban J connectivity index is 1.81. The lowest BCUT2D eigenvalue weighted by atomic mass is 10.00. The van der Waals surface area contributed by atoms with Crippen molar-refractivity contribution in [2.24, 2.45) is 0 Å². The molecule has 0 fully saturated rings. The lowest BCUT2D eigenvalue weighted by Crippen LogP contribution is -2.33. The molecule has 0 saturated heterocycles. The van der Waals surface area contributed by atoms with E-state index in [0.29, 0.717) is 0 Å². The molecule has 1 atom stereocenters. The molecule has 1 aromatic heterocycles. The molecule has 114 valence electrons. The maximum atomic E-state index is 12.3. The number of carbonyl (C=O) groups excluding carboxylic acids is 1. The first-order chi connectivity index (χ1) is 11.3. The van der Waals surface area contributed by atoms with Crippen LogP contribution in [0.1, 0.15) is 17.2 Å². The zero-order valence-corrected chi connectivity index (χ0v) is 12.5. The van der Waals surface area contributed by atoms with Crippen molar-refractivity contribution in [3.05, 3.63) is 96.3 Å². The maximum absolute atomic E-state index is 12.3. The number of rotatable bonds is 4. The van der Waals surface area contributed by atoms with Gasteiger partial charge in [-0.05, 0) is 35.4 Å². The van der Waals surface area contributed by atoms with Crippen molar-refractivity contribution in [1.29, 1.82) is 0 Å². The van der Waals surface area contributed by atoms with E-state index >= 15 is 0 Å². The number of para-hydroxylation sites is 1. The normalized spacial score (nSPS) is 11.5. The highest BCUT2D eigenvalue weighted by Gasteiger charge is 2.16. The van der Waals surface area contributed by atoms with Crippen LogP contribution in [-0.2, 0) is 0 Å². The van der Waals surface area contributed by atoms with Crippen molar-refractivity contribution in [3.8, 4) is 0 Å². The highest BCUT2D eigenvalue weighted by molar-refractivity contribution is 5.89. The number of nitrogens with zero attached hydrogens (tertiary/aromatic N) is 1. The third-order valence-electron chi connectivity index (χ3n) is 3.48. The van der Waals surface area contributed by atoms with Crippen molar-refractivity contribution >= 4 is 11.7 Å². The Morgan fingerprint density at radius 1 is 0.783 bits per heavy atom. The molecule has 0 bridgehead atoms. The smallest absolute Gasteiger partial charge is 0.319 e. The minimum absolute atomic E-state index is 0.233. The van der Waals surface area contributed by atoms with Crippen LogP contribution in [0.15, 0.2) is 85.2 Å². The van der Waals surface area contributed by atoms with Gasteiger partial charge in [-0.2, -0.15) is 0 Å². The van der Waals surface area contributed by atoms with Crippen molar-refractivity contribution < 1.29 is 4.79 Å². The highest BCUT2D eigenvalue weighted by atomic mass is 16.2. The van der Waals surface area contributed by atoms with Gasteiger partial charge in [-0.15, -0.1) is 0 Å². The molecule has 3 aromatic rings. The summed E-state index contributed by atoms with van der Waals surface area (Å²) < 4.78 is 0. The summed E-state index contributed by atoms with van der Waals surface area (Å²) in [6.45, 7) is 0. The van der Waals surface area contributed by atoms with Crippen molar-refractivity contribution in [1.82, 2.24) is 10.3 Å². The van der Waals surface area contributed by atoms with Gasteiger partial charge in [-0.1, -0.05) is 48.5 Å². The number of nitrogens with one attached hydrogen (secondary N) is 2. The van der Waals surface area contributed by atoms with E-state index in [4.69, 9.17) is 0 Å². The zero-order chi connectivity index (χ0) is 15.9. The predicted molar refractivity (Wildman–Crippen MR) is 91.1 cm³/mol. The second-order valence-corrected chi connectivity index (χ2v) is 5.09. The Kier molecular flexibility index (Phi) is 4.64. The van der Waals surface area contributed by atoms with Gasteiger partial charge in [0.25, 0.3) is 0 Å². The summed E-state index contributed by atoms with van der Waals surface area (Å²) in [5.74, 6) is 0. The third-order valence-corrected chi connectivity index (χ3v) is 3.48. The standard InChI is InChI=1S/C19H17N3O/c23-19(21-17-9-5-2-6-10-17)22-18(15-7-3-1-4-8-15)16-11-13-20-14-12-16/h1-14,18H,(H2,21,22,23). The topological polar surface area (TPSA) is 54.0 Å². The van der Waals surface area contributed by atoms with Gasteiger partial charge >= 0.3 is 6.03 Å². The van der Waals surface area contributed by atoms with E-state index in [-0.39, 0.29) is 12.1 Å². The van der Waals surface area contributed by atoms with Crippen LogP contribution in [0.4, 0.5) is 10.5 Å². The molecule has 0 aliphatic carbocycles. The molecule has 1 heterocycles. The van der Waals surface area contributed by atoms with E-state index in [1.54, 1.807) is 12.4 Å². The van der Waals surface area contributed by atoms with Gasteiger partial charge in [0.05, 0.1) is 6.04 Å². The molecule has 0 radical (unpaired) electrons. The van der Waals surface area contributed by atoms with Gasteiger partial charge in [0.15, 0.2) is 0 Å². The molecule has 4 nitrogen and oxygen atoms in total. The Bertz CT molecular complexity index is 706. The quantitative estimate of drug-likeness (QED) is 0.765. The van der Waals surface area contributed by atoms with E-state index < -0.39 is 0 Å². The molecule has 0 aliphatic heterocycles. The Labute approximate surface area is 135 Å². The highest BCUT2D eigenvalue weighted by Crippen LogP contribution is 2.21. The number of hydrogen-bond acceptors (Lipinski definition) is 2. The van der Waals surface area contributed by atoms with Gasteiger partial charge in [-0.25, -0.2) is 4.79 Å². The number of benzene rings is 2. The largest absolute Gasteiger partial charge is 0.327 e. The second-order valence-electron chi connectivity index (χ2n) is 5.09. The van der Waals surface area contributed by atoms with Crippen LogP contribution in [0, 0.1) is 0 Å². The Hall–Kier alpha value is -3.14. The number of hydrogen-bond donors (Lipinski definition) is 2. The summed E-state index contributed by atoms with van der Waals surface area (Å²) in [6.07, 6.45) is 3.45. The molecule has 2 aromatic carbocycles. The Morgan fingerprint density at radius 3 is 2.00 bits per heavy atom. The molecule has 23 heavy (non-hydrogen) atoms. The summed E-state index contributed by atoms with van der Waals surface area (Å²) in [6, 6.07) is 22.6. The van der Waals surface area contributed by atoms with Crippen molar-refractivity contribution in [3.63, 3.8) is 0 Å². The maximum Gasteiger partial charge on any atom is 0.319 e. The second kappa shape index (κ2) is 7.22. The zero-order valence-electron chi connectivity index (χ0n) is 12.5. The third kappa shape index (κ3) is 3.95. The average molecular weight is 303 g/mol. The van der Waals surface area contributed by atoms with Crippen molar-refractivity contribution in [2.75, 3.05) is 5.32 Å². The minimum atomic E-state index is -0.248. The van der Waals surface area contributed by atoms with Gasteiger partial charge in [0.2, 0.25) is 0 Å². The van der Waals surface area contributed by atoms with Crippen LogP contribution < -0.4 is 10.6 Å². The number of carbonyl (C=O) groups is 1. The van der Waals surface area contributed by atoms with E-state index in [2.05, 4.69) is 15.6 Å². The van der Waals surface area contributed by atoms with Gasteiger partial charge in [-0.3, -0.25) is 4.98 Å². The molecule has 0 saturated carbocycles. The van der Waals surface area contributed by atoms with Crippen LogP contribution in [0.25, 0.3) is 0 Å². The molecule has 0 aliphatic rings. The fourth-order valence-electron chi connectivity index (χ4n) is 2.38. The van der Waals surface area contributed by atoms with E-state index in [1.165, 1.54) is 0 Å². The number of pyridine rings is 1. The average Bonchev–Trinajstić information content (AvgIpc) is 2.62. The number of aromatic nitrogens is 1. The molecule has 0 spiro atoms. The van der Waals surface area contributed by atoms with Gasteiger partial charge in [0, 0.05) is 18.1 Å². The van der Waals surface area contributed by atoms with E-state index in [1.807, 2.05) is 72.8 Å². The predicted octanol–water partition coefficient (Wildman–Crippen LogP) is 3.99. The number of amides is 2. The van der Waals surface area contributed by atoms with Crippen LogP contribution in [0.2, 0.25) is 0 Å². The molecular formula is C19H17N3O. The SMILES string of the molecule is O=C(Nc1ccccc1)NC(c1ccccc1)c1ccncc1. The fourth-order valence-corrected chi connectivity index (χ4v) is 2.38. The van der Waals surface area contributed by atoms with Crippen LogP contribution in [-0.4, -0.2) is 11.0 Å².